The van der Waals surface area contributed by atoms with Crippen LogP contribution in [0.3, 0.4) is 0 Å². The molecule has 1 atom stereocenters. The predicted molar refractivity (Wildman–Crippen MR) is 80.8 cm³/mol. The van der Waals surface area contributed by atoms with Gasteiger partial charge in [-0.25, -0.2) is 0 Å². The summed E-state index contributed by atoms with van der Waals surface area (Å²) < 4.78 is 0. The molecule has 3 heteroatoms. The molecule has 0 saturated carbocycles. The Bertz CT molecular complexity index is 795. The summed E-state index contributed by atoms with van der Waals surface area (Å²) in [4.78, 5) is 11.0. The van der Waals surface area contributed by atoms with Gasteiger partial charge in [0.1, 0.15) is 6.04 Å². The Morgan fingerprint density at radius 3 is 2.30 bits per heavy atom. The zero-order valence-corrected chi connectivity index (χ0v) is 10.9. The van der Waals surface area contributed by atoms with E-state index in [9.17, 15) is 4.79 Å². The number of rotatable bonds is 3. The maximum Gasteiger partial charge on any atom is 0.320 e. The van der Waals surface area contributed by atoms with Crippen LogP contribution in [0.1, 0.15) is 5.56 Å². The summed E-state index contributed by atoms with van der Waals surface area (Å²) in [7, 11) is 0. The van der Waals surface area contributed by atoms with Gasteiger partial charge in [0, 0.05) is 0 Å². The van der Waals surface area contributed by atoms with Crippen molar-refractivity contribution in [3.8, 4) is 0 Å². The number of carboxylic acid groups (broad SMARTS) is 1. The maximum atomic E-state index is 11.0. The van der Waals surface area contributed by atoms with Crippen LogP contribution in [0.25, 0.3) is 21.5 Å². The largest absolute Gasteiger partial charge is 0.480 e. The highest BCUT2D eigenvalue weighted by molar-refractivity contribution is 6.09. The summed E-state index contributed by atoms with van der Waals surface area (Å²) in [5.74, 6) is -0.970. The first-order chi connectivity index (χ1) is 9.66. The van der Waals surface area contributed by atoms with Crippen LogP contribution in [0.15, 0.2) is 54.6 Å². The fourth-order valence-corrected chi connectivity index (χ4v) is 2.62. The number of aliphatic carboxylic acids is 1. The van der Waals surface area contributed by atoms with E-state index in [1.165, 1.54) is 5.39 Å². The minimum absolute atomic E-state index is 0.334. The van der Waals surface area contributed by atoms with Crippen molar-refractivity contribution in [2.24, 2.45) is 5.73 Å². The average molecular weight is 265 g/mol. The van der Waals surface area contributed by atoms with Crippen LogP contribution in [0.4, 0.5) is 0 Å². The normalized spacial score (nSPS) is 12.7. The molecule has 0 radical (unpaired) electrons. The van der Waals surface area contributed by atoms with Gasteiger partial charge in [0.05, 0.1) is 0 Å². The molecule has 0 aromatic heterocycles. The lowest BCUT2D eigenvalue weighted by atomic mass is 9.94. The molecule has 20 heavy (non-hydrogen) atoms. The zero-order chi connectivity index (χ0) is 14.1. The molecule has 0 fully saturated rings. The van der Waals surface area contributed by atoms with Crippen LogP contribution in [-0.4, -0.2) is 17.1 Å². The molecule has 0 aliphatic rings. The summed E-state index contributed by atoms with van der Waals surface area (Å²) in [5.41, 5.74) is 6.66. The van der Waals surface area contributed by atoms with Crippen molar-refractivity contribution in [1.82, 2.24) is 0 Å². The van der Waals surface area contributed by atoms with Gasteiger partial charge in [-0.05, 0) is 33.5 Å². The van der Waals surface area contributed by atoms with E-state index in [2.05, 4.69) is 12.1 Å². The first-order valence-corrected chi connectivity index (χ1v) is 6.54. The second-order valence-corrected chi connectivity index (χ2v) is 4.95. The molecule has 0 aliphatic heterocycles. The van der Waals surface area contributed by atoms with E-state index in [1.54, 1.807) is 0 Å². The molecule has 0 unspecified atom stereocenters. The lowest BCUT2D eigenvalue weighted by Gasteiger charge is -2.12. The van der Waals surface area contributed by atoms with Gasteiger partial charge in [-0.2, -0.15) is 0 Å². The minimum atomic E-state index is -0.970. The van der Waals surface area contributed by atoms with Gasteiger partial charge in [-0.3, -0.25) is 4.79 Å². The number of carbonyl (C=O) groups is 1. The van der Waals surface area contributed by atoms with Crippen molar-refractivity contribution in [2.45, 2.75) is 12.5 Å². The first-order valence-electron chi connectivity index (χ1n) is 6.54. The highest BCUT2D eigenvalue weighted by Gasteiger charge is 2.15. The molecule has 0 saturated heterocycles. The Labute approximate surface area is 116 Å². The molecule has 3 rings (SSSR count). The van der Waals surface area contributed by atoms with E-state index in [4.69, 9.17) is 10.8 Å². The monoisotopic (exact) mass is 265 g/mol. The topological polar surface area (TPSA) is 63.3 Å². The molecular weight excluding hydrogens is 250 g/mol. The molecule has 100 valence electrons. The number of benzene rings is 3. The molecule has 0 amide bonds. The van der Waals surface area contributed by atoms with Crippen LogP contribution in [0.5, 0.6) is 0 Å². The SMILES string of the molecule is N[C@H](Cc1cc2ccccc2c2ccccc12)C(=O)O. The molecule has 3 nitrogen and oxygen atoms in total. The van der Waals surface area contributed by atoms with Crippen molar-refractivity contribution in [2.75, 3.05) is 0 Å². The van der Waals surface area contributed by atoms with Crippen molar-refractivity contribution in [3.63, 3.8) is 0 Å². The van der Waals surface area contributed by atoms with E-state index in [0.29, 0.717) is 6.42 Å². The van der Waals surface area contributed by atoms with Gasteiger partial charge in [0.15, 0.2) is 0 Å². The Morgan fingerprint density at radius 2 is 1.60 bits per heavy atom. The van der Waals surface area contributed by atoms with Crippen molar-refractivity contribution in [3.05, 3.63) is 60.2 Å². The highest BCUT2D eigenvalue weighted by atomic mass is 16.4. The second-order valence-electron chi connectivity index (χ2n) is 4.95. The first kappa shape index (κ1) is 12.6. The van der Waals surface area contributed by atoms with Crippen LogP contribution < -0.4 is 5.73 Å². The summed E-state index contributed by atoms with van der Waals surface area (Å²) in [6.07, 6.45) is 0.334. The quantitative estimate of drug-likeness (QED) is 0.716. The second kappa shape index (κ2) is 4.94. The number of hydrogen-bond donors (Lipinski definition) is 2. The molecule has 3 aromatic carbocycles. The van der Waals surface area contributed by atoms with E-state index in [-0.39, 0.29) is 0 Å². The third kappa shape index (κ3) is 2.12. The number of fused-ring (bicyclic) bond motifs is 3. The van der Waals surface area contributed by atoms with Gasteiger partial charge in [-0.15, -0.1) is 0 Å². The maximum absolute atomic E-state index is 11.0. The summed E-state index contributed by atoms with van der Waals surface area (Å²) in [5, 5.41) is 13.5. The number of carboxylic acids is 1. The van der Waals surface area contributed by atoms with Crippen LogP contribution in [0, 0.1) is 0 Å². The third-order valence-electron chi connectivity index (χ3n) is 3.61. The van der Waals surface area contributed by atoms with Crippen molar-refractivity contribution >= 4 is 27.5 Å². The van der Waals surface area contributed by atoms with Gasteiger partial charge >= 0.3 is 5.97 Å². The Kier molecular flexibility index (Phi) is 3.12. The average Bonchev–Trinajstić information content (AvgIpc) is 2.47. The fourth-order valence-electron chi connectivity index (χ4n) is 2.62. The summed E-state index contributed by atoms with van der Waals surface area (Å²) >= 11 is 0. The number of nitrogens with two attached hydrogens (primary N) is 1. The molecular formula is C17H15NO2. The molecule has 0 aliphatic carbocycles. The van der Waals surface area contributed by atoms with Gasteiger partial charge < -0.3 is 10.8 Å². The predicted octanol–water partition coefficient (Wildman–Crippen LogP) is 2.95. The van der Waals surface area contributed by atoms with E-state index >= 15 is 0 Å². The Hall–Kier alpha value is -2.39. The Morgan fingerprint density at radius 1 is 1.00 bits per heavy atom. The number of hydrogen-bond acceptors (Lipinski definition) is 2. The van der Waals surface area contributed by atoms with Gasteiger partial charge in [-0.1, -0.05) is 54.6 Å². The van der Waals surface area contributed by atoms with Crippen molar-refractivity contribution < 1.29 is 9.90 Å². The minimum Gasteiger partial charge on any atom is -0.480 e. The standard InChI is InChI=1S/C17H15NO2/c18-16(17(19)20)10-12-9-11-5-1-2-6-13(11)15-8-4-3-7-14(12)15/h1-9,16H,10,18H2,(H,19,20)/t16-/m1/s1. The molecule has 3 aromatic rings. The van der Waals surface area contributed by atoms with Crippen molar-refractivity contribution in [1.29, 1.82) is 0 Å². The molecule has 3 N–H and O–H groups in total. The fraction of sp³-hybridized carbons (Fsp3) is 0.118. The van der Waals surface area contributed by atoms with Crippen LogP contribution in [0.2, 0.25) is 0 Å². The molecule has 0 bridgehead atoms. The van der Waals surface area contributed by atoms with Crippen LogP contribution >= 0.6 is 0 Å². The summed E-state index contributed by atoms with van der Waals surface area (Å²) in [6, 6.07) is 17.3. The molecule has 0 heterocycles. The third-order valence-corrected chi connectivity index (χ3v) is 3.61. The van der Waals surface area contributed by atoms with E-state index in [0.717, 1.165) is 21.7 Å². The van der Waals surface area contributed by atoms with Crippen LogP contribution in [-0.2, 0) is 11.2 Å². The Balaban J connectivity index is 2.26. The summed E-state index contributed by atoms with van der Waals surface area (Å²) in [6.45, 7) is 0. The molecule has 0 spiro atoms. The lowest BCUT2D eigenvalue weighted by Crippen LogP contribution is -2.32. The lowest BCUT2D eigenvalue weighted by molar-refractivity contribution is -0.138. The van der Waals surface area contributed by atoms with Gasteiger partial charge in [0.25, 0.3) is 0 Å². The van der Waals surface area contributed by atoms with E-state index < -0.39 is 12.0 Å². The van der Waals surface area contributed by atoms with E-state index in [1.807, 2.05) is 42.5 Å². The van der Waals surface area contributed by atoms with Gasteiger partial charge in [0.2, 0.25) is 0 Å². The highest BCUT2D eigenvalue weighted by Crippen LogP contribution is 2.29. The smallest absolute Gasteiger partial charge is 0.320 e. The zero-order valence-electron chi connectivity index (χ0n) is 10.9.